The fourth-order valence-electron chi connectivity index (χ4n) is 7.65. The number of rotatable bonds is 6. The van der Waals surface area contributed by atoms with Crippen molar-refractivity contribution in [3.63, 3.8) is 0 Å². The van der Waals surface area contributed by atoms with Crippen LogP contribution in [0.1, 0.15) is 93.9 Å². The van der Waals surface area contributed by atoms with Crippen molar-refractivity contribution in [3.05, 3.63) is 76.7 Å². The monoisotopic (exact) mass is 513 g/mol. The molecule has 6 rings (SSSR count). The molecule has 1 heterocycles. The summed E-state index contributed by atoms with van der Waals surface area (Å²) in [5.41, 5.74) is 7.38. The Hall–Kier alpha value is -2.88. The topological polar surface area (TPSA) is 31.4 Å². The van der Waals surface area contributed by atoms with Crippen LogP contribution in [0.25, 0.3) is 11.1 Å². The first-order valence-corrected chi connectivity index (χ1v) is 14.4. The number of benzene rings is 2. The minimum Gasteiger partial charge on any atom is -0.489 e. The second-order valence-electron chi connectivity index (χ2n) is 12.6. The molecule has 0 saturated heterocycles. The van der Waals surface area contributed by atoms with Crippen LogP contribution in [-0.2, 0) is 18.4 Å². The van der Waals surface area contributed by atoms with E-state index in [1.54, 1.807) is 13.2 Å². The number of fused-ring (bicyclic) bond motifs is 2. The van der Waals surface area contributed by atoms with Crippen molar-refractivity contribution >= 4 is 0 Å². The summed E-state index contributed by atoms with van der Waals surface area (Å²) >= 11 is 0. The molecule has 200 valence electrons. The van der Waals surface area contributed by atoms with Crippen LogP contribution in [0, 0.1) is 17.2 Å². The molecule has 2 aromatic carbocycles. The molecular formula is C34H40FNO2. The Bertz CT molecular complexity index is 1350. The summed E-state index contributed by atoms with van der Waals surface area (Å²) in [7, 11) is 1.57. The summed E-state index contributed by atoms with van der Waals surface area (Å²) in [6.45, 7) is 7.60. The van der Waals surface area contributed by atoms with Gasteiger partial charge in [0.15, 0.2) is 0 Å². The molecule has 0 amide bonds. The van der Waals surface area contributed by atoms with Crippen LogP contribution in [0.2, 0.25) is 0 Å². The van der Waals surface area contributed by atoms with Crippen LogP contribution in [0.5, 0.6) is 11.6 Å². The molecule has 0 unspecified atom stereocenters. The zero-order valence-corrected chi connectivity index (χ0v) is 23.3. The van der Waals surface area contributed by atoms with E-state index in [-0.39, 0.29) is 11.2 Å². The third kappa shape index (κ3) is 4.30. The van der Waals surface area contributed by atoms with Gasteiger partial charge in [0.2, 0.25) is 5.88 Å². The largest absolute Gasteiger partial charge is 0.489 e. The Kier molecular flexibility index (Phi) is 6.48. The third-order valence-corrected chi connectivity index (χ3v) is 10.1. The first kappa shape index (κ1) is 25.4. The maximum atomic E-state index is 15.0. The summed E-state index contributed by atoms with van der Waals surface area (Å²) in [6.07, 6.45) is 11.2. The smallest absolute Gasteiger partial charge is 0.213 e. The highest BCUT2D eigenvalue weighted by Crippen LogP contribution is 2.55. The zero-order valence-electron chi connectivity index (χ0n) is 23.3. The zero-order chi connectivity index (χ0) is 26.5. The Morgan fingerprint density at radius 3 is 2.55 bits per heavy atom. The van der Waals surface area contributed by atoms with Gasteiger partial charge in [-0.1, -0.05) is 51.5 Å². The van der Waals surface area contributed by atoms with Gasteiger partial charge >= 0.3 is 0 Å². The number of methoxy groups -OCH3 is 1. The van der Waals surface area contributed by atoms with Gasteiger partial charge in [0.1, 0.15) is 18.2 Å². The van der Waals surface area contributed by atoms with Crippen molar-refractivity contribution in [2.45, 2.75) is 90.1 Å². The second-order valence-corrected chi connectivity index (χ2v) is 12.6. The Labute approximate surface area is 226 Å². The van der Waals surface area contributed by atoms with Gasteiger partial charge in [-0.2, -0.15) is 0 Å². The van der Waals surface area contributed by atoms with Crippen LogP contribution in [0.3, 0.4) is 0 Å². The Morgan fingerprint density at radius 2 is 1.84 bits per heavy atom. The highest BCUT2D eigenvalue weighted by molar-refractivity contribution is 5.70. The van der Waals surface area contributed by atoms with Crippen LogP contribution in [-0.4, -0.2) is 12.1 Å². The standard InChI is InChI=1S/C34H40FNO2/c1-22-13-16-34(22)15-5-7-24-10-11-25(18-30(24)34)38-21-23-9-12-26(28-19-32(37-4)36-20-31(28)35)27(17-23)29-8-6-14-33(29,2)3/h9-12,17-20,22,29H,5-8,13-16,21H2,1-4H3/t22-,29+,34+/m1/s1. The van der Waals surface area contributed by atoms with Gasteiger partial charge in [-0.25, -0.2) is 9.37 Å². The van der Waals surface area contributed by atoms with E-state index in [0.29, 0.717) is 29.4 Å². The van der Waals surface area contributed by atoms with Crippen LogP contribution >= 0.6 is 0 Å². The van der Waals surface area contributed by atoms with Crippen molar-refractivity contribution < 1.29 is 13.9 Å². The number of nitrogens with zero attached hydrogens (tertiary/aromatic N) is 1. The van der Waals surface area contributed by atoms with Gasteiger partial charge < -0.3 is 9.47 Å². The van der Waals surface area contributed by atoms with E-state index in [0.717, 1.165) is 29.2 Å². The van der Waals surface area contributed by atoms with Gasteiger partial charge in [-0.05, 0) is 108 Å². The van der Waals surface area contributed by atoms with Crippen molar-refractivity contribution in [3.8, 4) is 22.8 Å². The molecule has 3 aliphatic rings. The number of hydrogen-bond donors (Lipinski definition) is 0. The predicted octanol–water partition coefficient (Wildman–Crippen LogP) is 8.77. The molecule has 3 aromatic rings. The molecule has 1 aromatic heterocycles. The average molecular weight is 514 g/mol. The summed E-state index contributed by atoms with van der Waals surface area (Å²) < 4.78 is 26.8. The van der Waals surface area contributed by atoms with E-state index in [1.165, 1.54) is 67.8 Å². The third-order valence-electron chi connectivity index (χ3n) is 10.1. The second kappa shape index (κ2) is 9.70. The number of aromatic nitrogens is 1. The van der Waals surface area contributed by atoms with Crippen molar-refractivity contribution in [1.82, 2.24) is 4.98 Å². The maximum absolute atomic E-state index is 15.0. The normalized spacial score (nSPS) is 25.6. The lowest BCUT2D eigenvalue weighted by atomic mass is 9.52. The van der Waals surface area contributed by atoms with Gasteiger partial charge in [0, 0.05) is 11.6 Å². The molecule has 3 aliphatic carbocycles. The maximum Gasteiger partial charge on any atom is 0.213 e. The molecule has 0 N–H and O–H groups in total. The first-order chi connectivity index (χ1) is 18.3. The van der Waals surface area contributed by atoms with Gasteiger partial charge in [0.25, 0.3) is 0 Å². The number of ether oxygens (including phenoxy) is 2. The number of halogens is 1. The molecule has 0 aliphatic heterocycles. The molecule has 0 bridgehead atoms. The van der Waals surface area contributed by atoms with Gasteiger partial charge in [-0.3, -0.25) is 0 Å². The minimum absolute atomic E-state index is 0.161. The van der Waals surface area contributed by atoms with E-state index in [1.807, 2.05) is 0 Å². The molecule has 3 atom stereocenters. The number of hydrogen-bond acceptors (Lipinski definition) is 3. The fraction of sp³-hybridized carbons (Fsp3) is 0.500. The fourth-order valence-corrected chi connectivity index (χ4v) is 7.65. The van der Waals surface area contributed by atoms with Crippen molar-refractivity contribution in [2.75, 3.05) is 7.11 Å². The van der Waals surface area contributed by atoms with E-state index in [9.17, 15) is 0 Å². The predicted molar refractivity (Wildman–Crippen MR) is 150 cm³/mol. The van der Waals surface area contributed by atoms with E-state index in [4.69, 9.17) is 9.47 Å². The molecule has 3 nitrogen and oxygen atoms in total. The average Bonchev–Trinajstić information content (AvgIpc) is 3.29. The number of aryl methyl sites for hydroxylation is 1. The quantitative estimate of drug-likeness (QED) is 0.330. The van der Waals surface area contributed by atoms with Gasteiger partial charge in [0.05, 0.1) is 13.3 Å². The molecule has 2 saturated carbocycles. The lowest BCUT2D eigenvalue weighted by Crippen LogP contribution is -2.45. The van der Waals surface area contributed by atoms with E-state index < -0.39 is 0 Å². The Morgan fingerprint density at radius 1 is 0.974 bits per heavy atom. The minimum atomic E-state index is -0.319. The molecule has 0 radical (unpaired) electrons. The highest BCUT2D eigenvalue weighted by atomic mass is 19.1. The SMILES string of the molecule is COc1cc(-c2ccc(COc3ccc4c(c3)[C@@]3(CCC4)CC[C@H]3C)cc2[C@@H]2CCCC2(C)C)c(F)cn1. The molecule has 4 heteroatoms. The lowest BCUT2D eigenvalue weighted by molar-refractivity contribution is 0.114. The highest BCUT2D eigenvalue weighted by Gasteiger charge is 2.47. The summed E-state index contributed by atoms with van der Waals surface area (Å²) in [6, 6.07) is 14.9. The summed E-state index contributed by atoms with van der Waals surface area (Å²) in [5.74, 6) is 2.19. The Balaban J connectivity index is 1.32. The summed E-state index contributed by atoms with van der Waals surface area (Å²) in [4.78, 5) is 4.06. The summed E-state index contributed by atoms with van der Waals surface area (Å²) in [5, 5.41) is 0. The molecule has 1 spiro atoms. The van der Waals surface area contributed by atoms with Gasteiger partial charge in [-0.15, -0.1) is 0 Å². The van der Waals surface area contributed by atoms with Crippen molar-refractivity contribution in [1.29, 1.82) is 0 Å². The van der Waals surface area contributed by atoms with Crippen LogP contribution in [0.15, 0.2) is 48.7 Å². The van der Waals surface area contributed by atoms with E-state index in [2.05, 4.69) is 62.2 Å². The van der Waals surface area contributed by atoms with E-state index >= 15 is 4.39 Å². The molecular weight excluding hydrogens is 473 g/mol. The van der Waals surface area contributed by atoms with Crippen LogP contribution in [0.4, 0.5) is 4.39 Å². The lowest BCUT2D eigenvalue weighted by Gasteiger charge is -2.52. The molecule has 38 heavy (non-hydrogen) atoms. The van der Waals surface area contributed by atoms with Crippen LogP contribution < -0.4 is 9.47 Å². The first-order valence-electron chi connectivity index (χ1n) is 14.4. The van der Waals surface area contributed by atoms with Crippen molar-refractivity contribution in [2.24, 2.45) is 11.3 Å². The number of pyridine rings is 1. The molecule has 2 fully saturated rings.